The van der Waals surface area contributed by atoms with Gasteiger partial charge in [-0.15, -0.1) is 0 Å². The smallest absolute Gasteiger partial charge is 0.350 e. The number of carbonyl (C=O) groups is 1. The molecule has 7 nitrogen and oxygen atoms in total. The van der Waals surface area contributed by atoms with Crippen LogP contribution in [0.4, 0.5) is 4.39 Å². The summed E-state index contributed by atoms with van der Waals surface area (Å²) in [6.07, 6.45) is 0. The van der Waals surface area contributed by atoms with Gasteiger partial charge >= 0.3 is 5.97 Å². The molecule has 0 aromatic heterocycles. The van der Waals surface area contributed by atoms with Gasteiger partial charge in [0.1, 0.15) is 30.5 Å². The molecule has 2 rings (SSSR count). The van der Waals surface area contributed by atoms with Gasteiger partial charge in [0.2, 0.25) is 10.0 Å². The lowest BCUT2D eigenvalue weighted by molar-refractivity contribution is -0.160. The maximum absolute atomic E-state index is 12.9. The molecule has 0 atom stereocenters. The van der Waals surface area contributed by atoms with Gasteiger partial charge in [0.25, 0.3) is 0 Å². The quantitative estimate of drug-likeness (QED) is 0.541. The minimum absolute atomic E-state index is 0.0269. The molecule has 2 N–H and O–H groups in total. The lowest BCUT2D eigenvalue weighted by Crippen LogP contribution is -2.40. The standard InChI is InChI=1S/C18H20FNO6S/c1-18(2,26-15-5-3-13(19)4-6-15)17(21)25-12-11-24-14-7-9-16(10-8-14)27(20,22)23/h3-10H,11-12H2,1-2H3,(H2,20,22,23). The number of hydrogen-bond donors (Lipinski definition) is 1. The van der Waals surface area contributed by atoms with Crippen LogP contribution in [-0.4, -0.2) is 33.2 Å². The summed E-state index contributed by atoms with van der Waals surface area (Å²) >= 11 is 0. The number of rotatable bonds is 8. The monoisotopic (exact) mass is 397 g/mol. The van der Waals surface area contributed by atoms with E-state index in [4.69, 9.17) is 19.3 Å². The number of halogens is 1. The van der Waals surface area contributed by atoms with Crippen LogP contribution in [0.1, 0.15) is 13.8 Å². The highest BCUT2D eigenvalue weighted by Crippen LogP contribution is 2.20. The summed E-state index contributed by atoms with van der Waals surface area (Å²) in [6, 6.07) is 10.8. The van der Waals surface area contributed by atoms with E-state index in [0.29, 0.717) is 11.5 Å². The summed E-state index contributed by atoms with van der Waals surface area (Å²) in [6.45, 7) is 3.09. The molecule has 0 saturated carbocycles. The first-order valence-electron chi connectivity index (χ1n) is 7.95. The van der Waals surface area contributed by atoms with E-state index in [1.165, 1.54) is 62.4 Å². The zero-order valence-electron chi connectivity index (χ0n) is 14.8. The first kappa shape index (κ1) is 20.7. The molecule has 2 aromatic rings. The average Bonchev–Trinajstić information content (AvgIpc) is 2.60. The normalized spacial score (nSPS) is 11.7. The fraction of sp³-hybridized carbons (Fsp3) is 0.278. The van der Waals surface area contributed by atoms with E-state index in [9.17, 15) is 17.6 Å². The summed E-state index contributed by atoms with van der Waals surface area (Å²) in [7, 11) is -3.76. The van der Waals surface area contributed by atoms with E-state index in [1.807, 2.05) is 0 Å². The third-order valence-corrected chi connectivity index (χ3v) is 4.34. The summed E-state index contributed by atoms with van der Waals surface area (Å²) in [5.74, 6) is -0.276. The van der Waals surface area contributed by atoms with Crippen molar-refractivity contribution in [1.29, 1.82) is 0 Å². The van der Waals surface area contributed by atoms with E-state index >= 15 is 0 Å². The minimum atomic E-state index is -3.76. The van der Waals surface area contributed by atoms with Crippen LogP contribution in [-0.2, 0) is 19.6 Å². The summed E-state index contributed by atoms with van der Waals surface area (Å²) < 4.78 is 51.3. The van der Waals surface area contributed by atoms with Crippen LogP contribution >= 0.6 is 0 Å². The molecular formula is C18H20FNO6S. The molecule has 0 spiro atoms. The molecule has 0 amide bonds. The van der Waals surface area contributed by atoms with Crippen molar-refractivity contribution in [2.45, 2.75) is 24.3 Å². The first-order valence-corrected chi connectivity index (χ1v) is 9.50. The molecule has 0 saturated heterocycles. The summed E-state index contributed by atoms with van der Waals surface area (Å²) in [5, 5.41) is 5.01. The van der Waals surface area contributed by atoms with E-state index in [2.05, 4.69) is 0 Å². The topological polar surface area (TPSA) is 105 Å². The largest absolute Gasteiger partial charge is 0.490 e. The first-order chi connectivity index (χ1) is 12.6. The molecule has 27 heavy (non-hydrogen) atoms. The van der Waals surface area contributed by atoms with E-state index in [0.717, 1.165) is 0 Å². The Morgan fingerprint density at radius 3 is 2.11 bits per heavy atom. The number of carbonyl (C=O) groups excluding carboxylic acids is 1. The van der Waals surface area contributed by atoms with E-state index < -0.39 is 27.4 Å². The van der Waals surface area contributed by atoms with Crippen molar-refractivity contribution in [3.8, 4) is 11.5 Å². The van der Waals surface area contributed by atoms with Gasteiger partial charge < -0.3 is 14.2 Å². The van der Waals surface area contributed by atoms with Gasteiger partial charge in [-0.25, -0.2) is 22.7 Å². The highest BCUT2D eigenvalue weighted by atomic mass is 32.2. The Balaban J connectivity index is 1.80. The molecule has 0 bridgehead atoms. The van der Waals surface area contributed by atoms with Gasteiger partial charge in [-0.2, -0.15) is 0 Å². The van der Waals surface area contributed by atoms with Gasteiger partial charge in [0.15, 0.2) is 5.60 Å². The second-order valence-electron chi connectivity index (χ2n) is 6.07. The molecule has 2 aromatic carbocycles. The van der Waals surface area contributed by atoms with Crippen molar-refractivity contribution in [3.05, 3.63) is 54.3 Å². The molecule has 0 radical (unpaired) electrons. The number of nitrogens with two attached hydrogens (primary N) is 1. The highest BCUT2D eigenvalue weighted by molar-refractivity contribution is 7.89. The average molecular weight is 397 g/mol. The number of primary sulfonamides is 1. The van der Waals surface area contributed by atoms with Gasteiger partial charge in [-0.3, -0.25) is 0 Å². The molecule has 0 fully saturated rings. The third-order valence-electron chi connectivity index (χ3n) is 3.42. The Hall–Kier alpha value is -2.65. The summed E-state index contributed by atoms with van der Waals surface area (Å²) in [4.78, 5) is 12.1. The van der Waals surface area contributed by atoms with Gasteiger partial charge in [-0.05, 0) is 62.4 Å². The Labute approximate surface area is 156 Å². The lowest BCUT2D eigenvalue weighted by atomic mass is 10.1. The van der Waals surface area contributed by atoms with Crippen molar-refractivity contribution in [2.75, 3.05) is 13.2 Å². The molecule has 0 aliphatic carbocycles. The van der Waals surface area contributed by atoms with Crippen LogP contribution in [0.5, 0.6) is 11.5 Å². The fourth-order valence-corrected chi connectivity index (χ4v) is 2.55. The zero-order chi connectivity index (χ0) is 20.1. The molecule has 146 valence electrons. The Bertz CT molecular complexity index is 879. The third kappa shape index (κ3) is 6.22. The number of hydrogen-bond acceptors (Lipinski definition) is 6. The zero-order valence-corrected chi connectivity index (χ0v) is 15.7. The molecule has 0 unspecified atom stereocenters. The SMILES string of the molecule is CC(C)(Oc1ccc(F)cc1)C(=O)OCCOc1ccc(S(N)(=O)=O)cc1. The minimum Gasteiger partial charge on any atom is -0.490 e. The molecular weight excluding hydrogens is 377 g/mol. The van der Waals surface area contributed by atoms with Gasteiger partial charge in [-0.1, -0.05) is 0 Å². The molecule has 0 aliphatic rings. The van der Waals surface area contributed by atoms with Crippen molar-refractivity contribution < 1.29 is 31.8 Å². The Morgan fingerprint density at radius 1 is 1.00 bits per heavy atom. The van der Waals surface area contributed by atoms with E-state index in [-0.39, 0.29) is 18.1 Å². The van der Waals surface area contributed by atoms with E-state index in [1.54, 1.807) is 0 Å². The fourth-order valence-electron chi connectivity index (χ4n) is 2.03. The number of benzene rings is 2. The maximum atomic E-state index is 12.9. The predicted octanol–water partition coefficient (Wildman–Crippen LogP) is 2.25. The van der Waals surface area contributed by atoms with Crippen molar-refractivity contribution in [1.82, 2.24) is 0 Å². The van der Waals surface area contributed by atoms with Crippen molar-refractivity contribution in [2.24, 2.45) is 5.14 Å². The predicted molar refractivity (Wildman–Crippen MR) is 95.4 cm³/mol. The van der Waals surface area contributed by atoms with Crippen LogP contribution < -0.4 is 14.6 Å². The lowest BCUT2D eigenvalue weighted by Gasteiger charge is -2.24. The van der Waals surface area contributed by atoms with Crippen LogP contribution in [0.15, 0.2) is 53.4 Å². The van der Waals surface area contributed by atoms with Crippen LogP contribution in [0.3, 0.4) is 0 Å². The van der Waals surface area contributed by atoms with Crippen molar-refractivity contribution in [3.63, 3.8) is 0 Å². The Kier molecular flexibility index (Phi) is 6.40. The second kappa shape index (κ2) is 8.36. The van der Waals surface area contributed by atoms with Crippen LogP contribution in [0.2, 0.25) is 0 Å². The molecule has 0 aliphatic heterocycles. The molecule has 0 heterocycles. The maximum Gasteiger partial charge on any atom is 0.350 e. The highest BCUT2D eigenvalue weighted by Gasteiger charge is 2.31. The number of sulfonamides is 1. The van der Waals surface area contributed by atoms with Crippen LogP contribution in [0.25, 0.3) is 0 Å². The van der Waals surface area contributed by atoms with Gasteiger partial charge in [0, 0.05) is 0 Å². The number of ether oxygens (including phenoxy) is 3. The van der Waals surface area contributed by atoms with Crippen LogP contribution in [0, 0.1) is 5.82 Å². The molecule has 9 heteroatoms. The summed E-state index contributed by atoms with van der Waals surface area (Å²) in [5.41, 5.74) is -1.27. The Morgan fingerprint density at radius 2 is 1.56 bits per heavy atom. The second-order valence-corrected chi connectivity index (χ2v) is 7.63. The number of esters is 1. The van der Waals surface area contributed by atoms with Gasteiger partial charge in [0.05, 0.1) is 4.90 Å². The van der Waals surface area contributed by atoms with Crippen molar-refractivity contribution >= 4 is 16.0 Å².